The van der Waals surface area contributed by atoms with Crippen molar-refractivity contribution >= 4 is 39.5 Å². The Labute approximate surface area is 210 Å². The van der Waals surface area contributed by atoms with Gasteiger partial charge >= 0.3 is 5.97 Å². The highest BCUT2D eigenvalue weighted by atomic mass is 32.2. The Morgan fingerprint density at radius 1 is 0.972 bits per heavy atom. The number of ether oxygens (including phenoxy) is 1. The molecule has 2 aromatic heterocycles. The molecule has 1 N–H and O–H groups in total. The van der Waals surface area contributed by atoms with Crippen molar-refractivity contribution in [2.75, 3.05) is 7.11 Å². The summed E-state index contributed by atoms with van der Waals surface area (Å²) in [7, 11) is 1.30. The van der Waals surface area contributed by atoms with Gasteiger partial charge in [0.05, 0.1) is 46.8 Å². The molecule has 180 valence electrons. The molecule has 36 heavy (non-hydrogen) atoms. The van der Waals surface area contributed by atoms with Crippen molar-refractivity contribution in [3.63, 3.8) is 0 Å². The Bertz CT molecular complexity index is 1730. The number of hydrogen-bond donors (Lipinski definition) is 1. The number of H-pyrrole nitrogens is 1. The molecule has 5 rings (SSSR count). The number of para-hydroxylation sites is 1. The van der Waals surface area contributed by atoms with Crippen molar-refractivity contribution in [3.05, 3.63) is 110 Å². The van der Waals surface area contributed by atoms with Gasteiger partial charge in [-0.2, -0.15) is 0 Å². The van der Waals surface area contributed by atoms with E-state index in [-0.39, 0.29) is 16.9 Å². The van der Waals surface area contributed by atoms with Crippen molar-refractivity contribution in [2.45, 2.75) is 24.4 Å². The van der Waals surface area contributed by atoms with Crippen LogP contribution in [0.15, 0.2) is 81.5 Å². The zero-order valence-electron chi connectivity index (χ0n) is 19.6. The van der Waals surface area contributed by atoms with E-state index >= 15 is 0 Å². The zero-order chi connectivity index (χ0) is 25.2. The molecular formula is C27H22N4O4S. The number of aryl methyl sites for hydroxylation is 1. The predicted octanol–water partition coefficient (Wildman–Crippen LogP) is 4.07. The lowest BCUT2D eigenvalue weighted by Gasteiger charge is -2.13. The molecule has 0 fully saturated rings. The van der Waals surface area contributed by atoms with E-state index in [1.54, 1.807) is 16.7 Å². The number of methoxy groups -OCH3 is 1. The van der Waals surface area contributed by atoms with Gasteiger partial charge in [-0.25, -0.2) is 14.8 Å². The first-order chi connectivity index (χ1) is 17.4. The number of hydrogen-bond acceptors (Lipinski definition) is 7. The van der Waals surface area contributed by atoms with Crippen LogP contribution in [0.3, 0.4) is 0 Å². The summed E-state index contributed by atoms with van der Waals surface area (Å²) in [4.78, 5) is 50.0. The number of aromatic nitrogens is 4. The highest BCUT2D eigenvalue weighted by Gasteiger charge is 2.14. The Hall–Kier alpha value is -4.24. The van der Waals surface area contributed by atoms with Crippen LogP contribution in [0.2, 0.25) is 0 Å². The van der Waals surface area contributed by atoms with E-state index in [4.69, 9.17) is 9.72 Å². The first-order valence-corrected chi connectivity index (χ1v) is 12.2. The quantitative estimate of drug-likeness (QED) is 0.214. The third-order valence-electron chi connectivity index (χ3n) is 5.80. The van der Waals surface area contributed by atoms with Gasteiger partial charge in [0, 0.05) is 0 Å². The minimum atomic E-state index is -0.504. The summed E-state index contributed by atoms with van der Waals surface area (Å²) >= 11 is 1.31. The second-order valence-corrected chi connectivity index (χ2v) is 9.26. The number of esters is 1. The van der Waals surface area contributed by atoms with E-state index in [0.717, 1.165) is 11.1 Å². The van der Waals surface area contributed by atoms with Crippen LogP contribution in [0, 0.1) is 6.92 Å². The van der Waals surface area contributed by atoms with E-state index in [0.29, 0.717) is 44.9 Å². The van der Waals surface area contributed by atoms with Crippen LogP contribution in [0.1, 0.15) is 27.3 Å². The van der Waals surface area contributed by atoms with Crippen LogP contribution >= 0.6 is 11.8 Å². The molecule has 0 aliphatic rings. The van der Waals surface area contributed by atoms with Crippen molar-refractivity contribution in [3.8, 4) is 0 Å². The maximum atomic E-state index is 13.4. The Kier molecular flexibility index (Phi) is 6.39. The van der Waals surface area contributed by atoms with Crippen molar-refractivity contribution < 1.29 is 9.53 Å². The average molecular weight is 499 g/mol. The lowest BCUT2D eigenvalue weighted by atomic mass is 10.1. The smallest absolute Gasteiger partial charge is 0.337 e. The number of thioether (sulfide) groups is 1. The molecule has 2 heterocycles. The number of nitrogens with zero attached hydrogens (tertiary/aromatic N) is 3. The highest BCUT2D eigenvalue weighted by molar-refractivity contribution is 7.98. The summed E-state index contributed by atoms with van der Waals surface area (Å²) in [5.74, 6) is 0.172. The number of fused-ring (bicyclic) bond motifs is 2. The third kappa shape index (κ3) is 4.65. The molecule has 0 saturated carbocycles. The van der Waals surface area contributed by atoms with E-state index in [2.05, 4.69) is 9.97 Å². The molecule has 0 bridgehead atoms. The number of aromatic amines is 1. The molecule has 5 aromatic rings. The second kappa shape index (κ2) is 9.79. The van der Waals surface area contributed by atoms with Gasteiger partial charge in [0.1, 0.15) is 5.82 Å². The Morgan fingerprint density at radius 2 is 1.75 bits per heavy atom. The minimum absolute atomic E-state index is 0.133. The van der Waals surface area contributed by atoms with Gasteiger partial charge in [0.15, 0.2) is 5.16 Å². The predicted molar refractivity (Wildman–Crippen MR) is 140 cm³/mol. The zero-order valence-corrected chi connectivity index (χ0v) is 20.5. The summed E-state index contributed by atoms with van der Waals surface area (Å²) in [5, 5.41) is 1.43. The molecule has 8 nitrogen and oxygen atoms in total. The molecule has 9 heteroatoms. The van der Waals surface area contributed by atoms with Crippen molar-refractivity contribution in [2.24, 2.45) is 0 Å². The van der Waals surface area contributed by atoms with Gasteiger partial charge in [-0.15, -0.1) is 0 Å². The van der Waals surface area contributed by atoms with Crippen LogP contribution in [0.5, 0.6) is 0 Å². The molecule has 0 aliphatic heterocycles. The fourth-order valence-electron chi connectivity index (χ4n) is 3.91. The number of rotatable bonds is 6. The van der Waals surface area contributed by atoms with Crippen LogP contribution in [0.25, 0.3) is 21.8 Å². The molecular weight excluding hydrogens is 476 g/mol. The highest BCUT2D eigenvalue weighted by Crippen LogP contribution is 2.22. The lowest BCUT2D eigenvalue weighted by Crippen LogP contribution is -2.24. The largest absolute Gasteiger partial charge is 0.465 e. The lowest BCUT2D eigenvalue weighted by molar-refractivity contribution is 0.0601. The number of carbonyl (C=O) groups excluding carboxylic acids is 1. The SMILES string of the molecule is COC(=O)c1ccc2c(=O)[nH]c(CSc3nc4ccccc4c(=O)n3Cc3ccc(C)cc3)nc2c1. The van der Waals surface area contributed by atoms with Gasteiger partial charge in [-0.1, -0.05) is 53.7 Å². The van der Waals surface area contributed by atoms with Crippen molar-refractivity contribution in [1.82, 2.24) is 19.5 Å². The Balaban J connectivity index is 1.52. The normalized spacial score (nSPS) is 11.2. The topological polar surface area (TPSA) is 107 Å². The fourth-order valence-corrected chi connectivity index (χ4v) is 4.78. The maximum Gasteiger partial charge on any atom is 0.337 e. The van der Waals surface area contributed by atoms with Crippen LogP contribution in [0.4, 0.5) is 0 Å². The third-order valence-corrected chi connectivity index (χ3v) is 6.79. The van der Waals surface area contributed by atoms with E-state index in [1.807, 2.05) is 49.4 Å². The van der Waals surface area contributed by atoms with E-state index in [9.17, 15) is 14.4 Å². The molecule has 3 aromatic carbocycles. The number of benzene rings is 3. The molecule has 0 unspecified atom stereocenters. The molecule has 0 saturated heterocycles. The minimum Gasteiger partial charge on any atom is -0.465 e. The summed E-state index contributed by atoms with van der Waals surface area (Å²) in [5.41, 5.74) is 2.98. The first-order valence-electron chi connectivity index (χ1n) is 11.2. The van der Waals surface area contributed by atoms with Crippen LogP contribution in [-0.4, -0.2) is 32.6 Å². The maximum absolute atomic E-state index is 13.4. The first kappa shape index (κ1) is 23.5. The Morgan fingerprint density at radius 3 is 2.53 bits per heavy atom. The molecule has 0 spiro atoms. The summed E-state index contributed by atoms with van der Waals surface area (Å²) in [6.07, 6.45) is 0. The fraction of sp³-hybridized carbons (Fsp3) is 0.148. The van der Waals surface area contributed by atoms with Gasteiger partial charge in [0.25, 0.3) is 11.1 Å². The number of nitrogens with one attached hydrogen (secondary N) is 1. The molecule has 0 amide bonds. The van der Waals surface area contributed by atoms with Gasteiger partial charge in [0.2, 0.25) is 0 Å². The van der Waals surface area contributed by atoms with Gasteiger partial charge < -0.3 is 9.72 Å². The van der Waals surface area contributed by atoms with E-state index in [1.165, 1.54) is 31.0 Å². The van der Waals surface area contributed by atoms with Crippen LogP contribution < -0.4 is 11.1 Å². The molecule has 0 radical (unpaired) electrons. The van der Waals surface area contributed by atoms with Gasteiger partial charge in [-0.3, -0.25) is 14.2 Å². The van der Waals surface area contributed by atoms with Crippen molar-refractivity contribution in [1.29, 1.82) is 0 Å². The standard InChI is InChI=1S/C27H22N4O4S/c1-16-7-9-17(10-8-16)14-31-25(33)20-5-3-4-6-21(20)29-27(31)36-15-23-28-22-13-18(26(34)35-2)11-12-19(22)24(32)30-23/h3-13H,14-15H2,1-2H3,(H,28,30,32). The summed E-state index contributed by atoms with van der Waals surface area (Å²) in [6.45, 7) is 2.38. The monoisotopic (exact) mass is 498 g/mol. The summed E-state index contributed by atoms with van der Waals surface area (Å²) < 4.78 is 6.41. The van der Waals surface area contributed by atoms with Gasteiger partial charge in [-0.05, 0) is 42.8 Å². The average Bonchev–Trinajstić information content (AvgIpc) is 2.89. The molecule has 0 aliphatic carbocycles. The van der Waals surface area contributed by atoms with E-state index < -0.39 is 5.97 Å². The molecule has 0 atom stereocenters. The number of carbonyl (C=O) groups is 1. The van der Waals surface area contributed by atoms with Crippen LogP contribution in [-0.2, 0) is 17.0 Å². The summed E-state index contributed by atoms with van der Waals surface area (Å²) in [6, 6.07) is 19.9. The second-order valence-electron chi connectivity index (χ2n) is 8.31.